The van der Waals surface area contributed by atoms with Crippen LogP contribution >= 0.6 is 0 Å². The molecule has 0 spiro atoms. The third-order valence-electron chi connectivity index (χ3n) is 5.50. The van der Waals surface area contributed by atoms with E-state index in [9.17, 15) is 0 Å². The highest BCUT2D eigenvalue weighted by atomic mass is 16.5. The fourth-order valence-corrected chi connectivity index (χ4v) is 4.06. The maximum Gasteiger partial charge on any atom is 0.233 e. The number of hydrogen-bond acceptors (Lipinski definition) is 4. The smallest absolute Gasteiger partial charge is 0.233 e. The molecule has 0 radical (unpaired) electrons. The lowest BCUT2D eigenvalue weighted by Gasteiger charge is -2.40. The van der Waals surface area contributed by atoms with E-state index in [1.54, 1.807) is 0 Å². The van der Waals surface area contributed by atoms with Crippen LogP contribution in [0.5, 0.6) is 5.88 Å². The molecule has 0 amide bonds. The van der Waals surface area contributed by atoms with Gasteiger partial charge in [0.2, 0.25) is 5.88 Å². The Kier molecular flexibility index (Phi) is 4.99. The molecule has 4 rings (SSSR count). The predicted molar refractivity (Wildman–Crippen MR) is 95.6 cm³/mol. The van der Waals surface area contributed by atoms with E-state index in [2.05, 4.69) is 14.9 Å². The third kappa shape index (κ3) is 3.73. The van der Waals surface area contributed by atoms with Crippen molar-refractivity contribution >= 4 is 5.52 Å². The van der Waals surface area contributed by atoms with E-state index in [0.29, 0.717) is 6.61 Å². The zero-order valence-corrected chi connectivity index (χ0v) is 14.4. The molecule has 1 saturated carbocycles. The van der Waals surface area contributed by atoms with Crippen LogP contribution in [0, 0.1) is 0 Å². The van der Waals surface area contributed by atoms with Gasteiger partial charge in [-0.05, 0) is 25.0 Å². The van der Waals surface area contributed by atoms with Crippen molar-refractivity contribution in [2.45, 2.75) is 38.1 Å². The minimum atomic E-state index is 0.716. The predicted octanol–water partition coefficient (Wildman–Crippen LogP) is 2.66. The van der Waals surface area contributed by atoms with Crippen molar-refractivity contribution in [3.8, 4) is 5.88 Å². The fourth-order valence-electron chi connectivity index (χ4n) is 4.06. The normalized spacial score (nSPS) is 21.3. The first-order chi connectivity index (χ1) is 11.9. The van der Waals surface area contributed by atoms with E-state index in [1.807, 2.05) is 35.0 Å². The molecule has 2 aromatic heterocycles. The zero-order chi connectivity index (χ0) is 16.2. The second-order valence-electron chi connectivity index (χ2n) is 7.07. The first kappa shape index (κ1) is 15.9. The van der Waals surface area contributed by atoms with Gasteiger partial charge in [-0.25, -0.2) is 4.52 Å². The van der Waals surface area contributed by atoms with Crippen LogP contribution in [-0.2, 0) is 0 Å². The summed E-state index contributed by atoms with van der Waals surface area (Å²) in [5, 5.41) is 4.44. The van der Waals surface area contributed by atoms with Crippen molar-refractivity contribution in [2.24, 2.45) is 0 Å². The van der Waals surface area contributed by atoms with Crippen molar-refractivity contribution < 1.29 is 4.74 Å². The van der Waals surface area contributed by atoms with Gasteiger partial charge in [0.25, 0.3) is 0 Å². The third-order valence-corrected chi connectivity index (χ3v) is 5.50. The second kappa shape index (κ2) is 7.53. The van der Waals surface area contributed by atoms with Crippen LogP contribution in [0.25, 0.3) is 5.52 Å². The molecule has 0 unspecified atom stereocenters. The summed E-state index contributed by atoms with van der Waals surface area (Å²) in [6, 6.07) is 8.91. The van der Waals surface area contributed by atoms with Gasteiger partial charge in [-0.1, -0.05) is 25.3 Å². The van der Waals surface area contributed by atoms with Crippen LogP contribution in [0.15, 0.2) is 30.5 Å². The van der Waals surface area contributed by atoms with Crippen LogP contribution in [0.4, 0.5) is 0 Å². The molecule has 130 valence electrons. The van der Waals surface area contributed by atoms with Crippen molar-refractivity contribution in [3.63, 3.8) is 0 Å². The van der Waals surface area contributed by atoms with Gasteiger partial charge in [-0.2, -0.15) is 0 Å². The molecule has 2 aliphatic rings. The fraction of sp³-hybridized carbons (Fsp3) is 0.632. The summed E-state index contributed by atoms with van der Waals surface area (Å²) in [6.07, 6.45) is 9.08. The molecule has 1 aliphatic carbocycles. The standard InChI is InChI=1S/C19H28N4O/c1-2-6-17(7-3-1)22-12-10-21(11-13-22)14-15-24-19-16-18-8-4-5-9-23(18)20-19/h4-5,8-9,16-17H,1-3,6-7,10-15H2. The average molecular weight is 328 g/mol. The quantitative estimate of drug-likeness (QED) is 0.845. The molecule has 0 N–H and O–H groups in total. The zero-order valence-electron chi connectivity index (χ0n) is 14.4. The van der Waals surface area contributed by atoms with Gasteiger partial charge < -0.3 is 4.74 Å². The van der Waals surface area contributed by atoms with E-state index in [1.165, 1.54) is 58.3 Å². The number of nitrogens with zero attached hydrogens (tertiary/aromatic N) is 4. The Morgan fingerprint density at radius 1 is 1.04 bits per heavy atom. The second-order valence-corrected chi connectivity index (χ2v) is 7.07. The van der Waals surface area contributed by atoms with Crippen LogP contribution in [0.2, 0.25) is 0 Å². The maximum atomic E-state index is 5.85. The Morgan fingerprint density at radius 2 is 1.88 bits per heavy atom. The summed E-state index contributed by atoms with van der Waals surface area (Å²) in [5.74, 6) is 0.724. The highest BCUT2D eigenvalue weighted by molar-refractivity contribution is 5.48. The Bertz CT molecular complexity index is 609. The molecule has 5 nitrogen and oxygen atoms in total. The summed E-state index contributed by atoms with van der Waals surface area (Å²) in [6.45, 7) is 6.49. The molecule has 1 saturated heterocycles. The number of hydrogen-bond donors (Lipinski definition) is 0. The molecule has 2 aromatic rings. The van der Waals surface area contributed by atoms with Gasteiger partial charge in [-0.3, -0.25) is 9.80 Å². The minimum absolute atomic E-state index is 0.716. The van der Waals surface area contributed by atoms with E-state index in [-0.39, 0.29) is 0 Å². The molecule has 3 heterocycles. The van der Waals surface area contributed by atoms with E-state index in [0.717, 1.165) is 24.0 Å². The number of pyridine rings is 1. The Balaban J connectivity index is 1.20. The number of ether oxygens (including phenoxy) is 1. The molecule has 0 atom stereocenters. The Labute approximate surface area is 144 Å². The summed E-state index contributed by atoms with van der Waals surface area (Å²) >= 11 is 0. The maximum absolute atomic E-state index is 5.85. The van der Waals surface area contributed by atoms with Gasteiger partial charge in [0.15, 0.2) is 0 Å². The Morgan fingerprint density at radius 3 is 2.67 bits per heavy atom. The SMILES string of the molecule is c1ccn2nc(OCCN3CCN(C4CCCCC4)CC3)cc2c1. The molecule has 0 aromatic carbocycles. The van der Waals surface area contributed by atoms with Crippen LogP contribution in [0.3, 0.4) is 0 Å². The van der Waals surface area contributed by atoms with E-state index >= 15 is 0 Å². The molecule has 0 bridgehead atoms. The van der Waals surface area contributed by atoms with Gasteiger partial charge in [0.1, 0.15) is 6.61 Å². The Hall–Kier alpha value is -1.59. The minimum Gasteiger partial charge on any atom is -0.475 e. The number of aromatic nitrogens is 2. The first-order valence-corrected chi connectivity index (χ1v) is 9.42. The van der Waals surface area contributed by atoms with Gasteiger partial charge in [0.05, 0.1) is 5.52 Å². The van der Waals surface area contributed by atoms with Crippen LogP contribution in [0.1, 0.15) is 32.1 Å². The summed E-state index contributed by atoms with van der Waals surface area (Å²) < 4.78 is 7.71. The summed E-state index contributed by atoms with van der Waals surface area (Å²) in [5.41, 5.74) is 1.08. The van der Waals surface area contributed by atoms with Crippen molar-refractivity contribution in [1.29, 1.82) is 0 Å². The van der Waals surface area contributed by atoms with Crippen molar-refractivity contribution in [1.82, 2.24) is 19.4 Å². The number of fused-ring (bicyclic) bond motifs is 1. The molecule has 24 heavy (non-hydrogen) atoms. The number of rotatable bonds is 5. The van der Waals surface area contributed by atoms with Gasteiger partial charge >= 0.3 is 0 Å². The topological polar surface area (TPSA) is 33.0 Å². The number of piperazine rings is 1. The van der Waals surface area contributed by atoms with Crippen molar-refractivity contribution in [3.05, 3.63) is 30.5 Å². The van der Waals surface area contributed by atoms with Crippen LogP contribution in [-0.4, -0.2) is 64.8 Å². The van der Waals surface area contributed by atoms with Gasteiger partial charge in [-0.15, -0.1) is 5.10 Å². The monoisotopic (exact) mass is 328 g/mol. The first-order valence-electron chi connectivity index (χ1n) is 9.42. The highest BCUT2D eigenvalue weighted by Crippen LogP contribution is 2.23. The summed E-state index contributed by atoms with van der Waals surface area (Å²) in [4.78, 5) is 5.24. The lowest BCUT2D eigenvalue weighted by molar-refractivity contribution is 0.0714. The molecule has 5 heteroatoms. The molecular formula is C19H28N4O. The molecule has 2 fully saturated rings. The molecular weight excluding hydrogens is 300 g/mol. The van der Waals surface area contributed by atoms with E-state index in [4.69, 9.17) is 4.74 Å². The van der Waals surface area contributed by atoms with Crippen LogP contribution < -0.4 is 4.74 Å². The van der Waals surface area contributed by atoms with Crippen molar-refractivity contribution in [2.75, 3.05) is 39.3 Å². The lowest BCUT2D eigenvalue weighted by atomic mass is 9.94. The largest absolute Gasteiger partial charge is 0.475 e. The lowest BCUT2D eigenvalue weighted by Crippen LogP contribution is -2.51. The molecule has 1 aliphatic heterocycles. The van der Waals surface area contributed by atoms with E-state index < -0.39 is 0 Å². The van der Waals surface area contributed by atoms with Gasteiger partial charge in [0, 0.05) is 51.0 Å². The summed E-state index contributed by atoms with van der Waals surface area (Å²) in [7, 11) is 0. The highest BCUT2D eigenvalue weighted by Gasteiger charge is 2.24. The average Bonchev–Trinajstić information content (AvgIpc) is 3.06.